The maximum absolute atomic E-state index is 12.6. The monoisotopic (exact) mass is 415 g/mol. The second-order valence-corrected chi connectivity index (χ2v) is 7.96. The summed E-state index contributed by atoms with van der Waals surface area (Å²) in [5.41, 5.74) is 4.50. The standard InChI is InChI=1S/C23H21N5O3/c1-13-4-7-17(8-5-13)28-12-16(11-20(28)29)22-25-21(26-31-22)15-6-9-19-18(10-15)24-14(2)23(30)27(19)3/h4-10,16H,11-12H2,1-3H3/t16-/m0/s1. The topological polar surface area (TPSA) is 94.1 Å². The molecule has 8 heteroatoms. The molecule has 4 aromatic rings. The van der Waals surface area contributed by atoms with Gasteiger partial charge in [-0.1, -0.05) is 22.9 Å². The molecule has 0 radical (unpaired) electrons. The number of fused-ring (bicyclic) bond motifs is 1. The first kappa shape index (κ1) is 19.2. The van der Waals surface area contributed by atoms with Gasteiger partial charge < -0.3 is 14.0 Å². The molecule has 0 N–H and O–H groups in total. The lowest BCUT2D eigenvalue weighted by atomic mass is 10.1. The van der Waals surface area contributed by atoms with Crippen molar-refractivity contribution < 1.29 is 9.32 Å². The van der Waals surface area contributed by atoms with E-state index in [0.29, 0.717) is 35.9 Å². The fourth-order valence-electron chi connectivity index (χ4n) is 3.98. The predicted octanol–water partition coefficient (Wildman–Crippen LogP) is 3.12. The van der Waals surface area contributed by atoms with Crippen LogP contribution in [0.2, 0.25) is 0 Å². The summed E-state index contributed by atoms with van der Waals surface area (Å²) < 4.78 is 7.09. The van der Waals surface area contributed by atoms with Crippen molar-refractivity contribution in [2.75, 3.05) is 11.4 Å². The van der Waals surface area contributed by atoms with Crippen LogP contribution < -0.4 is 10.5 Å². The molecular formula is C23H21N5O3. The van der Waals surface area contributed by atoms with Crippen molar-refractivity contribution in [3.8, 4) is 11.4 Å². The van der Waals surface area contributed by atoms with Crippen LogP contribution in [0.3, 0.4) is 0 Å². The first-order valence-electron chi connectivity index (χ1n) is 10.1. The van der Waals surface area contributed by atoms with E-state index in [-0.39, 0.29) is 17.4 Å². The van der Waals surface area contributed by atoms with Gasteiger partial charge in [0.25, 0.3) is 5.56 Å². The molecule has 0 spiro atoms. The van der Waals surface area contributed by atoms with Crippen LogP contribution in [0.4, 0.5) is 5.69 Å². The Morgan fingerprint density at radius 1 is 1.03 bits per heavy atom. The number of anilines is 1. The Bertz CT molecular complexity index is 1370. The molecule has 0 unspecified atom stereocenters. The van der Waals surface area contributed by atoms with E-state index >= 15 is 0 Å². The zero-order valence-corrected chi connectivity index (χ0v) is 17.5. The predicted molar refractivity (Wildman–Crippen MR) is 116 cm³/mol. The first-order chi connectivity index (χ1) is 14.9. The Morgan fingerprint density at radius 3 is 2.58 bits per heavy atom. The van der Waals surface area contributed by atoms with Gasteiger partial charge in [0.05, 0.1) is 17.0 Å². The highest BCUT2D eigenvalue weighted by atomic mass is 16.5. The molecule has 1 aliphatic heterocycles. The van der Waals surface area contributed by atoms with Crippen molar-refractivity contribution >= 4 is 22.6 Å². The minimum absolute atomic E-state index is 0.0416. The van der Waals surface area contributed by atoms with Crippen molar-refractivity contribution in [1.29, 1.82) is 0 Å². The first-order valence-corrected chi connectivity index (χ1v) is 10.1. The third kappa shape index (κ3) is 3.30. The molecule has 0 saturated carbocycles. The van der Waals surface area contributed by atoms with Gasteiger partial charge in [0, 0.05) is 31.3 Å². The molecule has 0 aliphatic carbocycles. The molecule has 1 aliphatic rings. The van der Waals surface area contributed by atoms with E-state index in [1.54, 1.807) is 23.4 Å². The summed E-state index contributed by atoms with van der Waals surface area (Å²) in [5, 5.41) is 4.12. The van der Waals surface area contributed by atoms with Crippen molar-refractivity contribution in [3.63, 3.8) is 0 Å². The van der Waals surface area contributed by atoms with Crippen molar-refractivity contribution in [1.82, 2.24) is 19.7 Å². The Labute approximate surface area is 178 Å². The van der Waals surface area contributed by atoms with Crippen LogP contribution >= 0.6 is 0 Å². The fraction of sp³-hybridized carbons (Fsp3) is 0.261. The van der Waals surface area contributed by atoms with E-state index in [2.05, 4.69) is 15.1 Å². The summed E-state index contributed by atoms with van der Waals surface area (Å²) >= 11 is 0. The minimum atomic E-state index is -0.156. The molecule has 1 fully saturated rings. The van der Waals surface area contributed by atoms with Crippen LogP contribution in [-0.2, 0) is 11.8 Å². The van der Waals surface area contributed by atoms with Crippen LogP contribution in [-0.4, -0.2) is 32.1 Å². The zero-order chi connectivity index (χ0) is 21.7. The van der Waals surface area contributed by atoms with Gasteiger partial charge in [-0.05, 0) is 44.2 Å². The average molecular weight is 415 g/mol. The van der Waals surface area contributed by atoms with Crippen LogP contribution in [0.1, 0.15) is 29.5 Å². The number of carbonyl (C=O) groups excluding carboxylic acids is 1. The Kier molecular flexibility index (Phi) is 4.43. The number of rotatable bonds is 3. The molecule has 31 heavy (non-hydrogen) atoms. The smallest absolute Gasteiger partial charge is 0.272 e. The number of amides is 1. The Balaban J connectivity index is 1.43. The molecule has 2 aromatic carbocycles. The summed E-state index contributed by atoms with van der Waals surface area (Å²) in [6.07, 6.45) is 0.329. The van der Waals surface area contributed by atoms with Gasteiger partial charge >= 0.3 is 0 Å². The summed E-state index contributed by atoms with van der Waals surface area (Å²) in [4.78, 5) is 35.4. The van der Waals surface area contributed by atoms with Gasteiger partial charge in [-0.3, -0.25) is 9.59 Å². The molecular weight excluding hydrogens is 394 g/mol. The number of aryl methyl sites for hydroxylation is 3. The van der Waals surface area contributed by atoms with Crippen LogP contribution in [0.5, 0.6) is 0 Å². The molecule has 2 aromatic heterocycles. The van der Waals surface area contributed by atoms with Gasteiger partial charge in [-0.25, -0.2) is 4.98 Å². The largest absolute Gasteiger partial charge is 0.339 e. The highest BCUT2D eigenvalue weighted by Crippen LogP contribution is 2.32. The Morgan fingerprint density at radius 2 is 1.81 bits per heavy atom. The molecule has 0 bridgehead atoms. The van der Waals surface area contributed by atoms with E-state index in [9.17, 15) is 9.59 Å². The SMILES string of the molecule is Cc1ccc(N2C[C@@H](c3nc(-c4ccc5c(c4)nc(C)c(=O)n5C)no3)CC2=O)cc1. The maximum atomic E-state index is 12.6. The minimum Gasteiger partial charge on any atom is -0.339 e. The lowest BCUT2D eigenvalue weighted by Gasteiger charge is -2.16. The van der Waals surface area contributed by atoms with Crippen molar-refractivity contribution in [2.45, 2.75) is 26.2 Å². The highest BCUT2D eigenvalue weighted by molar-refractivity contribution is 5.96. The Hall–Kier alpha value is -3.81. The van der Waals surface area contributed by atoms with Crippen LogP contribution in [0, 0.1) is 13.8 Å². The van der Waals surface area contributed by atoms with Gasteiger partial charge in [0.15, 0.2) is 0 Å². The number of hydrogen-bond acceptors (Lipinski definition) is 6. The van der Waals surface area contributed by atoms with E-state index in [0.717, 1.165) is 22.3 Å². The number of aromatic nitrogens is 4. The van der Waals surface area contributed by atoms with Crippen molar-refractivity contribution in [3.05, 3.63) is 70.0 Å². The summed E-state index contributed by atoms with van der Waals surface area (Å²) in [7, 11) is 1.72. The number of nitrogens with zero attached hydrogens (tertiary/aromatic N) is 5. The molecule has 5 rings (SSSR count). The maximum Gasteiger partial charge on any atom is 0.272 e. The second-order valence-electron chi connectivity index (χ2n) is 7.96. The summed E-state index contributed by atoms with van der Waals surface area (Å²) in [6.45, 7) is 4.21. The molecule has 1 atom stereocenters. The third-order valence-electron chi connectivity index (χ3n) is 5.76. The number of benzene rings is 2. The zero-order valence-electron chi connectivity index (χ0n) is 17.5. The van der Waals surface area contributed by atoms with E-state index in [1.165, 1.54) is 0 Å². The van der Waals surface area contributed by atoms with Crippen molar-refractivity contribution in [2.24, 2.45) is 7.05 Å². The number of carbonyl (C=O) groups is 1. The lowest BCUT2D eigenvalue weighted by Crippen LogP contribution is -2.24. The van der Waals surface area contributed by atoms with E-state index in [4.69, 9.17) is 4.52 Å². The van der Waals surface area contributed by atoms with Gasteiger partial charge in [-0.2, -0.15) is 4.98 Å². The molecule has 3 heterocycles. The van der Waals surface area contributed by atoms with Gasteiger partial charge in [-0.15, -0.1) is 0 Å². The van der Waals surface area contributed by atoms with Crippen LogP contribution in [0.15, 0.2) is 51.8 Å². The lowest BCUT2D eigenvalue weighted by molar-refractivity contribution is -0.117. The molecule has 1 saturated heterocycles. The summed E-state index contributed by atoms with van der Waals surface area (Å²) in [6, 6.07) is 13.4. The van der Waals surface area contributed by atoms with Gasteiger partial charge in [0.2, 0.25) is 17.6 Å². The number of hydrogen-bond donors (Lipinski definition) is 0. The van der Waals surface area contributed by atoms with Crippen LogP contribution in [0.25, 0.3) is 22.4 Å². The quantitative estimate of drug-likeness (QED) is 0.510. The summed E-state index contributed by atoms with van der Waals surface area (Å²) in [5.74, 6) is 0.769. The van der Waals surface area contributed by atoms with Gasteiger partial charge in [0.1, 0.15) is 5.69 Å². The molecule has 1 amide bonds. The normalized spacial score (nSPS) is 16.4. The fourth-order valence-corrected chi connectivity index (χ4v) is 3.98. The van der Waals surface area contributed by atoms with E-state index in [1.807, 2.05) is 49.4 Å². The second kappa shape index (κ2) is 7.16. The molecule has 156 valence electrons. The van der Waals surface area contributed by atoms with E-state index < -0.39 is 0 Å². The third-order valence-corrected chi connectivity index (χ3v) is 5.76. The average Bonchev–Trinajstić information content (AvgIpc) is 3.39. The molecule has 8 nitrogen and oxygen atoms in total. The highest BCUT2D eigenvalue weighted by Gasteiger charge is 2.35.